The van der Waals surface area contributed by atoms with Crippen LogP contribution in [0.15, 0.2) is 30.6 Å². The highest BCUT2D eigenvalue weighted by molar-refractivity contribution is 7.80. The van der Waals surface area contributed by atoms with E-state index in [0.717, 1.165) is 16.8 Å². The van der Waals surface area contributed by atoms with Crippen molar-refractivity contribution in [2.24, 2.45) is 5.73 Å². The number of hydrogen-bond acceptors (Lipinski definition) is 2. The Morgan fingerprint density at radius 1 is 1.50 bits per heavy atom. The maximum atomic E-state index is 5.85. The van der Waals surface area contributed by atoms with Gasteiger partial charge in [0.15, 0.2) is 0 Å². The standard InChI is InChI=1S/C11H10ClN3S/c1-7-3-2-4-9(11(13)16)10(7)15-6-8(12)5-14-15/h2-6H,1H3,(H2,13,16). The Labute approximate surface area is 104 Å². The van der Waals surface area contributed by atoms with Crippen LogP contribution in [0.5, 0.6) is 0 Å². The van der Waals surface area contributed by atoms with Crippen molar-refractivity contribution >= 4 is 28.8 Å². The molecule has 2 rings (SSSR count). The van der Waals surface area contributed by atoms with Crippen molar-refractivity contribution in [2.75, 3.05) is 0 Å². The summed E-state index contributed by atoms with van der Waals surface area (Å²) in [6.07, 6.45) is 3.31. The molecule has 0 atom stereocenters. The molecule has 2 N–H and O–H groups in total. The highest BCUT2D eigenvalue weighted by Crippen LogP contribution is 2.20. The first-order chi connectivity index (χ1) is 7.59. The van der Waals surface area contributed by atoms with Crippen LogP contribution in [0.3, 0.4) is 0 Å². The number of hydrogen-bond donors (Lipinski definition) is 1. The van der Waals surface area contributed by atoms with Gasteiger partial charge in [-0.2, -0.15) is 5.10 Å². The number of thiocarbonyl (C=S) groups is 1. The molecule has 0 bridgehead atoms. The molecule has 2 aromatic rings. The third kappa shape index (κ3) is 1.94. The van der Waals surface area contributed by atoms with E-state index in [1.54, 1.807) is 17.1 Å². The molecule has 0 aliphatic heterocycles. The predicted octanol–water partition coefficient (Wildman–Crippen LogP) is 2.47. The van der Waals surface area contributed by atoms with Crippen LogP contribution in [-0.4, -0.2) is 14.8 Å². The van der Waals surface area contributed by atoms with Gasteiger partial charge in [0.05, 0.1) is 16.9 Å². The molecule has 0 saturated heterocycles. The number of nitrogens with two attached hydrogens (primary N) is 1. The van der Waals surface area contributed by atoms with Crippen molar-refractivity contribution in [3.05, 3.63) is 46.7 Å². The lowest BCUT2D eigenvalue weighted by atomic mass is 10.1. The van der Waals surface area contributed by atoms with E-state index >= 15 is 0 Å². The first kappa shape index (κ1) is 11.1. The normalized spacial score (nSPS) is 10.4. The van der Waals surface area contributed by atoms with E-state index in [1.807, 2.05) is 25.1 Å². The monoisotopic (exact) mass is 251 g/mol. The van der Waals surface area contributed by atoms with Crippen molar-refractivity contribution in [2.45, 2.75) is 6.92 Å². The zero-order valence-corrected chi connectivity index (χ0v) is 10.2. The van der Waals surface area contributed by atoms with Crippen LogP contribution in [0.2, 0.25) is 5.02 Å². The maximum Gasteiger partial charge on any atom is 0.106 e. The first-order valence-corrected chi connectivity index (χ1v) is 5.48. The van der Waals surface area contributed by atoms with E-state index in [2.05, 4.69) is 5.10 Å². The van der Waals surface area contributed by atoms with Gasteiger partial charge in [0.25, 0.3) is 0 Å². The number of rotatable bonds is 2. The molecule has 0 amide bonds. The molecule has 16 heavy (non-hydrogen) atoms. The number of nitrogens with zero attached hydrogens (tertiary/aromatic N) is 2. The Hall–Kier alpha value is -1.39. The smallest absolute Gasteiger partial charge is 0.106 e. The molecule has 1 aromatic heterocycles. The van der Waals surface area contributed by atoms with E-state index in [0.29, 0.717) is 10.0 Å². The maximum absolute atomic E-state index is 5.85. The number of para-hydroxylation sites is 1. The Kier molecular flexibility index (Phi) is 2.94. The molecule has 1 aromatic carbocycles. The van der Waals surface area contributed by atoms with Crippen LogP contribution < -0.4 is 5.73 Å². The molecule has 0 radical (unpaired) electrons. The molecule has 0 spiro atoms. The second-order valence-corrected chi connectivity index (χ2v) is 4.31. The van der Waals surface area contributed by atoms with Crippen molar-refractivity contribution in [1.29, 1.82) is 0 Å². The van der Waals surface area contributed by atoms with Gasteiger partial charge < -0.3 is 5.73 Å². The van der Waals surface area contributed by atoms with Crippen LogP contribution in [0.4, 0.5) is 0 Å². The van der Waals surface area contributed by atoms with Gasteiger partial charge in [0, 0.05) is 11.8 Å². The number of aromatic nitrogens is 2. The zero-order valence-electron chi connectivity index (χ0n) is 8.64. The van der Waals surface area contributed by atoms with Crippen molar-refractivity contribution in [3.63, 3.8) is 0 Å². The van der Waals surface area contributed by atoms with Gasteiger partial charge in [-0.25, -0.2) is 4.68 Å². The van der Waals surface area contributed by atoms with Gasteiger partial charge in [-0.1, -0.05) is 36.0 Å². The minimum atomic E-state index is 0.352. The molecule has 0 saturated carbocycles. The van der Waals surface area contributed by atoms with Crippen LogP contribution in [0, 0.1) is 6.92 Å². The minimum absolute atomic E-state index is 0.352. The molecule has 1 heterocycles. The minimum Gasteiger partial charge on any atom is -0.389 e. The molecule has 3 nitrogen and oxygen atoms in total. The summed E-state index contributed by atoms with van der Waals surface area (Å²) in [6, 6.07) is 5.77. The van der Waals surface area contributed by atoms with Crippen molar-refractivity contribution in [3.8, 4) is 5.69 Å². The number of halogens is 1. The molecule has 5 heteroatoms. The van der Waals surface area contributed by atoms with E-state index in [4.69, 9.17) is 29.6 Å². The molecule has 0 aliphatic rings. The summed E-state index contributed by atoms with van der Waals surface area (Å²) in [5.74, 6) is 0. The summed E-state index contributed by atoms with van der Waals surface area (Å²) in [7, 11) is 0. The number of aryl methyl sites for hydroxylation is 1. The third-order valence-corrected chi connectivity index (χ3v) is 2.70. The van der Waals surface area contributed by atoms with E-state index < -0.39 is 0 Å². The van der Waals surface area contributed by atoms with Crippen molar-refractivity contribution in [1.82, 2.24) is 9.78 Å². The van der Waals surface area contributed by atoms with Gasteiger partial charge in [0.2, 0.25) is 0 Å². The van der Waals surface area contributed by atoms with Gasteiger partial charge in [-0.3, -0.25) is 0 Å². The predicted molar refractivity (Wildman–Crippen MR) is 69.2 cm³/mol. The molecule has 0 aliphatic carbocycles. The van der Waals surface area contributed by atoms with Crippen LogP contribution in [-0.2, 0) is 0 Å². The van der Waals surface area contributed by atoms with Gasteiger partial charge in [0.1, 0.15) is 4.99 Å². The molecular weight excluding hydrogens is 242 g/mol. The summed E-state index contributed by atoms with van der Waals surface area (Å²) >= 11 is 10.9. The van der Waals surface area contributed by atoms with Crippen LogP contribution in [0.25, 0.3) is 5.69 Å². The Morgan fingerprint density at radius 2 is 2.25 bits per heavy atom. The molecule has 82 valence electrons. The van der Waals surface area contributed by atoms with Crippen LogP contribution in [0.1, 0.15) is 11.1 Å². The fourth-order valence-corrected chi connectivity index (χ4v) is 1.89. The average Bonchev–Trinajstić information content (AvgIpc) is 2.64. The quantitative estimate of drug-likeness (QED) is 0.834. The summed E-state index contributed by atoms with van der Waals surface area (Å²) in [5, 5.41) is 4.74. The summed E-state index contributed by atoms with van der Waals surface area (Å²) in [4.78, 5) is 0.352. The zero-order chi connectivity index (χ0) is 11.7. The Balaban J connectivity index is 2.67. The van der Waals surface area contributed by atoms with Crippen LogP contribution >= 0.6 is 23.8 Å². The first-order valence-electron chi connectivity index (χ1n) is 4.69. The topological polar surface area (TPSA) is 43.8 Å². The van der Waals surface area contributed by atoms with Crippen molar-refractivity contribution < 1.29 is 0 Å². The largest absolute Gasteiger partial charge is 0.389 e. The van der Waals surface area contributed by atoms with E-state index in [1.165, 1.54) is 0 Å². The summed E-state index contributed by atoms with van der Waals surface area (Å²) in [6.45, 7) is 1.98. The highest BCUT2D eigenvalue weighted by Gasteiger charge is 2.10. The lowest BCUT2D eigenvalue weighted by Crippen LogP contribution is -2.14. The molecule has 0 fully saturated rings. The second kappa shape index (κ2) is 4.23. The van der Waals surface area contributed by atoms with E-state index in [-0.39, 0.29) is 0 Å². The number of benzene rings is 1. The highest BCUT2D eigenvalue weighted by atomic mass is 35.5. The summed E-state index contributed by atoms with van der Waals surface area (Å²) in [5.41, 5.74) is 8.41. The SMILES string of the molecule is Cc1cccc(C(N)=S)c1-n1cc(Cl)cn1. The third-order valence-electron chi connectivity index (χ3n) is 2.28. The van der Waals surface area contributed by atoms with Gasteiger partial charge >= 0.3 is 0 Å². The summed E-state index contributed by atoms with van der Waals surface area (Å²) < 4.78 is 1.69. The average molecular weight is 252 g/mol. The molecule has 0 unspecified atom stereocenters. The van der Waals surface area contributed by atoms with Gasteiger partial charge in [-0.05, 0) is 18.6 Å². The Bertz CT molecular complexity index is 548. The molecular formula is C11H10ClN3S. The lowest BCUT2D eigenvalue weighted by molar-refractivity contribution is 0.871. The fourth-order valence-electron chi connectivity index (χ4n) is 1.59. The Morgan fingerprint density at radius 3 is 2.81 bits per heavy atom. The lowest BCUT2D eigenvalue weighted by Gasteiger charge is -2.11. The van der Waals surface area contributed by atoms with E-state index in [9.17, 15) is 0 Å². The second-order valence-electron chi connectivity index (χ2n) is 3.44. The fraction of sp³-hybridized carbons (Fsp3) is 0.0909. The van der Waals surface area contributed by atoms with Gasteiger partial charge in [-0.15, -0.1) is 0 Å².